The average molecular weight is 294 g/mol. The van der Waals surface area contributed by atoms with Gasteiger partial charge < -0.3 is 10.6 Å². The molecule has 3 rings (SSSR count). The van der Waals surface area contributed by atoms with E-state index in [9.17, 15) is 4.79 Å². The van der Waals surface area contributed by atoms with Crippen LogP contribution >= 0.6 is 11.8 Å². The monoisotopic (exact) mass is 294 g/mol. The van der Waals surface area contributed by atoms with E-state index in [1.807, 2.05) is 28.7 Å². The fourth-order valence-corrected chi connectivity index (χ4v) is 4.03. The van der Waals surface area contributed by atoms with Gasteiger partial charge in [-0.15, -0.1) is 0 Å². The number of carbonyl (C=O) groups excluding carboxylic acids is 1. The van der Waals surface area contributed by atoms with Crippen molar-refractivity contribution >= 4 is 17.7 Å². The third-order valence-corrected chi connectivity index (χ3v) is 5.40. The molecule has 0 saturated carbocycles. The van der Waals surface area contributed by atoms with E-state index in [0.717, 1.165) is 26.1 Å². The van der Waals surface area contributed by atoms with Crippen molar-refractivity contribution in [2.24, 2.45) is 0 Å². The fourth-order valence-electron chi connectivity index (χ4n) is 2.82. The second-order valence-corrected chi connectivity index (χ2v) is 6.93. The molecule has 2 atom stereocenters. The van der Waals surface area contributed by atoms with Crippen LogP contribution < -0.4 is 10.6 Å². The molecular weight excluding hydrogens is 272 g/mol. The molecule has 1 aromatic heterocycles. The van der Waals surface area contributed by atoms with Crippen LogP contribution in [-0.2, 0) is 0 Å². The second-order valence-electron chi connectivity index (χ2n) is 5.53. The molecule has 1 aromatic rings. The summed E-state index contributed by atoms with van der Waals surface area (Å²) in [6.07, 6.45) is 6.72. The minimum absolute atomic E-state index is 0.0416. The maximum Gasteiger partial charge on any atom is 0.271 e. The number of thioether (sulfide) groups is 1. The lowest BCUT2D eigenvalue weighted by atomic mass is 10.1. The largest absolute Gasteiger partial charge is 0.350 e. The van der Waals surface area contributed by atoms with E-state index in [4.69, 9.17) is 0 Å². The predicted molar refractivity (Wildman–Crippen MR) is 81.2 cm³/mol. The van der Waals surface area contributed by atoms with Gasteiger partial charge in [-0.05, 0) is 44.0 Å². The van der Waals surface area contributed by atoms with Gasteiger partial charge in [0.2, 0.25) is 0 Å². The molecule has 0 spiro atoms. The Kier molecular flexibility index (Phi) is 4.62. The highest BCUT2D eigenvalue weighted by Crippen LogP contribution is 2.25. The third kappa shape index (κ3) is 3.35. The molecule has 6 heteroatoms. The van der Waals surface area contributed by atoms with Gasteiger partial charge in [-0.1, -0.05) is 0 Å². The Morgan fingerprint density at radius 1 is 1.50 bits per heavy atom. The molecule has 0 unspecified atom stereocenters. The molecular formula is C14H22N4OS. The van der Waals surface area contributed by atoms with Crippen molar-refractivity contribution in [3.8, 4) is 0 Å². The van der Waals surface area contributed by atoms with Crippen molar-refractivity contribution in [3.05, 3.63) is 18.0 Å². The molecule has 110 valence electrons. The summed E-state index contributed by atoms with van der Waals surface area (Å²) < 4.78 is 1.94. The molecule has 2 N–H and O–H groups in total. The minimum Gasteiger partial charge on any atom is -0.350 e. The van der Waals surface area contributed by atoms with Crippen LogP contribution in [0.4, 0.5) is 0 Å². The minimum atomic E-state index is -0.0416. The maximum absolute atomic E-state index is 12.1. The maximum atomic E-state index is 12.1. The van der Waals surface area contributed by atoms with Crippen molar-refractivity contribution in [2.45, 2.75) is 37.0 Å². The molecule has 1 amide bonds. The van der Waals surface area contributed by atoms with Crippen LogP contribution in [0.1, 0.15) is 42.2 Å². The van der Waals surface area contributed by atoms with Crippen LogP contribution in [0, 0.1) is 0 Å². The number of piperidine rings is 1. The van der Waals surface area contributed by atoms with Crippen molar-refractivity contribution in [2.75, 3.05) is 25.4 Å². The summed E-state index contributed by atoms with van der Waals surface area (Å²) in [4.78, 5) is 12.1. The summed E-state index contributed by atoms with van der Waals surface area (Å²) in [6, 6.07) is 2.21. The molecule has 0 bridgehead atoms. The quantitative estimate of drug-likeness (QED) is 0.882. The van der Waals surface area contributed by atoms with Crippen molar-refractivity contribution in [1.82, 2.24) is 20.4 Å². The van der Waals surface area contributed by atoms with Gasteiger partial charge in [0.05, 0.1) is 6.04 Å². The van der Waals surface area contributed by atoms with E-state index >= 15 is 0 Å². The van der Waals surface area contributed by atoms with Crippen molar-refractivity contribution < 1.29 is 4.79 Å². The smallest absolute Gasteiger partial charge is 0.271 e. The number of amides is 1. The molecule has 0 aromatic carbocycles. The van der Waals surface area contributed by atoms with E-state index in [1.54, 1.807) is 0 Å². The summed E-state index contributed by atoms with van der Waals surface area (Å²) in [5, 5.41) is 11.4. The zero-order valence-corrected chi connectivity index (χ0v) is 12.5. The van der Waals surface area contributed by atoms with E-state index in [-0.39, 0.29) is 5.91 Å². The van der Waals surface area contributed by atoms with Crippen molar-refractivity contribution in [1.29, 1.82) is 0 Å². The topological polar surface area (TPSA) is 59.0 Å². The van der Waals surface area contributed by atoms with Crippen LogP contribution in [0.3, 0.4) is 0 Å². The standard InChI is InChI=1S/C14H22N4OS/c19-14(16-10-12-4-2-8-20-12)13-5-7-18(17-13)11-3-1-6-15-9-11/h5,7,11-12,15H,1-4,6,8-10H2,(H,16,19)/t11-,12-/m0/s1. The first-order valence-corrected chi connectivity index (χ1v) is 8.53. The van der Waals surface area contributed by atoms with Gasteiger partial charge in [0.25, 0.3) is 5.91 Å². The van der Waals surface area contributed by atoms with Crippen LogP contribution in [0.5, 0.6) is 0 Å². The fraction of sp³-hybridized carbons (Fsp3) is 0.714. The van der Waals surface area contributed by atoms with Crippen LogP contribution in [0.2, 0.25) is 0 Å². The Morgan fingerprint density at radius 3 is 3.20 bits per heavy atom. The SMILES string of the molecule is O=C(NC[C@@H]1CCCS1)c1ccn([C@H]2CCCNC2)n1. The third-order valence-electron chi connectivity index (χ3n) is 4.00. The summed E-state index contributed by atoms with van der Waals surface area (Å²) in [5.41, 5.74) is 0.540. The Bertz CT molecular complexity index is 450. The molecule has 2 aliphatic heterocycles. The summed E-state index contributed by atoms with van der Waals surface area (Å²) >= 11 is 1.96. The molecule has 2 fully saturated rings. The number of hydrogen-bond donors (Lipinski definition) is 2. The lowest BCUT2D eigenvalue weighted by Crippen LogP contribution is -2.32. The normalized spacial score (nSPS) is 26.6. The number of rotatable bonds is 4. The molecule has 2 aliphatic rings. The first kappa shape index (κ1) is 13.9. The van der Waals surface area contributed by atoms with E-state index < -0.39 is 0 Å². The molecule has 2 saturated heterocycles. The van der Waals surface area contributed by atoms with E-state index in [0.29, 0.717) is 17.0 Å². The summed E-state index contributed by atoms with van der Waals surface area (Å²) in [6.45, 7) is 2.80. The Labute approximate surface area is 123 Å². The number of nitrogens with zero attached hydrogens (tertiary/aromatic N) is 2. The van der Waals surface area contributed by atoms with Gasteiger partial charge in [-0.3, -0.25) is 9.48 Å². The van der Waals surface area contributed by atoms with Gasteiger partial charge in [0.1, 0.15) is 5.69 Å². The van der Waals surface area contributed by atoms with Crippen LogP contribution in [0.25, 0.3) is 0 Å². The highest BCUT2D eigenvalue weighted by Gasteiger charge is 2.19. The molecule has 5 nitrogen and oxygen atoms in total. The zero-order valence-electron chi connectivity index (χ0n) is 11.7. The Hall–Kier alpha value is -1.01. The van der Waals surface area contributed by atoms with Gasteiger partial charge in [-0.25, -0.2) is 0 Å². The van der Waals surface area contributed by atoms with Gasteiger partial charge in [0.15, 0.2) is 0 Å². The van der Waals surface area contributed by atoms with Gasteiger partial charge >= 0.3 is 0 Å². The Balaban J connectivity index is 1.53. The lowest BCUT2D eigenvalue weighted by Gasteiger charge is -2.22. The van der Waals surface area contributed by atoms with E-state index in [1.165, 1.54) is 25.0 Å². The first-order valence-electron chi connectivity index (χ1n) is 7.48. The van der Waals surface area contributed by atoms with E-state index in [2.05, 4.69) is 15.7 Å². The molecule has 20 heavy (non-hydrogen) atoms. The highest BCUT2D eigenvalue weighted by atomic mass is 32.2. The van der Waals surface area contributed by atoms with Gasteiger partial charge in [0, 0.05) is 24.5 Å². The summed E-state index contributed by atoms with van der Waals surface area (Å²) in [5.74, 6) is 1.18. The number of nitrogens with one attached hydrogen (secondary N) is 2. The number of aromatic nitrogens is 2. The lowest BCUT2D eigenvalue weighted by molar-refractivity contribution is 0.0947. The Morgan fingerprint density at radius 2 is 2.45 bits per heavy atom. The van der Waals surface area contributed by atoms with Gasteiger partial charge in [-0.2, -0.15) is 16.9 Å². The zero-order chi connectivity index (χ0) is 13.8. The van der Waals surface area contributed by atoms with Crippen LogP contribution in [-0.4, -0.2) is 46.3 Å². The predicted octanol–water partition coefficient (Wildman–Crippen LogP) is 1.43. The molecule has 0 aliphatic carbocycles. The summed E-state index contributed by atoms with van der Waals surface area (Å²) in [7, 11) is 0. The molecule has 0 radical (unpaired) electrons. The second kappa shape index (κ2) is 6.63. The molecule has 3 heterocycles. The number of carbonyl (C=O) groups is 1. The first-order chi connectivity index (χ1) is 9.83. The highest BCUT2D eigenvalue weighted by molar-refractivity contribution is 8.00. The average Bonchev–Trinajstić information content (AvgIpc) is 3.17. The van der Waals surface area contributed by atoms with Crippen molar-refractivity contribution in [3.63, 3.8) is 0 Å². The van der Waals surface area contributed by atoms with Crippen LogP contribution in [0.15, 0.2) is 12.3 Å². The number of hydrogen-bond acceptors (Lipinski definition) is 4.